The van der Waals surface area contributed by atoms with Crippen molar-refractivity contribution in [2.24, 2.45) is 0 Å². The Morgan fingerprint density at radius 3 is 2.64 bits per heavy atom. The maximum absolute atomic E-state index is 13.8. The number of nitrogens with zero attached hydrogens (tertiary/aromatic N) is 3. The summed E-state index contributed by atoms with van der Waals surface area (Å²) in [7, 11) is 1.49. The van der Waals surface area contributed by atoms with E-state index in [2.05, 4.69) is 28.0 Å². The van der Waals surface area contributed by atoms with Gasteiger partial charge in [-0.1, -0.05) is 29.5 Å². The molecule has 1 fully saturated rings. The molecule has 2 heterocycles. The van der Waals surface area contributed by atoms with Crippen molar-refractivity contribution < 1.29 is 9.13 Å². The van der Waals surface area contributed by atoms with E-state index in [1.807, 2.05) is 12.1 Å². The smallest absolute Gasteiger partial charge is 0.186 e. The first kappa shape index (κ1) is 16.3. The second-order valence-electron chi connectivity index (χ2n) is 6.20. The van der Waals surface area contributed by atoms with Crippen LogP contribution in [0.25, 0.3) is 10.2 Å². The van der Waals surface area contributed by atoms with Gasteiger partial charge in [-0.05, 0) is 29.8 Å². The molecule has 25 heavy (non-hydrogen) atoms. The maximum atomic E-state index is 13.8. The van der Waals surface area contributed by atoms with Crippen LogP contribution in [-0.4, -0.2) is 43.2 Å². The summed E-state index contributed by atoms with van der Waals surface area (Å²) in [5, 5.41) is 1.09. The number of benzene rings is 2. The third kappa shape index (κ3) is 3.45. The number of thiazole rings is 1. The molecule has 0 spiro atoms. The lowest BCUT2D eigenvalue weighted by molar-refractivity contribution is 0.249. The molecule has 4 rings (SSSR count). The molecule has 0 unspecified atom stereocenters. The van der Waals surface area contributed by atoms with Gasteiger partial charge in [0.2, 0.25) is 0 Å². The summed E-state index contributed by atoms with van der Waals surface area (Å²) < 4.78 is 20.0. The van der Waals surface area contributed by atoms with Crippen LogP contribution in [0.4, 0.5) is 9.52 Å². The molecule has 1 aromatic heterocycles. The molecule has 0 N–H and O–H groups in total. The minimum atomic E-state index is -0.298. The number of ether oxygens (including phenoxy) is 1. The Morgan fingerprint density at radius 2 is 1.92 bits per heavy atom. The molecule has 3 aromatic rings. The third-order valence-corrected chi connectivity index (χ3v) is 5.64. The number of piperazine rings is 1. The predicted molar refractivity (Wildman–Crippen MR) is 100 cm³/mol. The van der Waals surface area contributed by atoms with Crippen LogP contribution in [0, 0.1) is 5.82 Å². The Bertz CT molecular complexity index is 841. The molecule has 0 bridgehead atoms. The first-order valence-corrected chi connectivity index (χ1v) is 9.20. The molecule has 0 saturated carbocycles. The van der Waals surface area contributed by atoms with Gasteiger partial charge in [0.1, 0.15) is 0 Å². The highest BCUT2D eigenvalue weighted by Crippen LogP contribution is 2.29. The number of halogens is 1. The minimum absolute atomic E-state index is 0.296. The van der Waals surface area contributed by atoms with Crippen molar-refractivity contribution in [2.45, 2.75) is 6.54 Å². The fraction of sp³-hybridized carbons (Fsp3) is 0.316. The standard InChI is InChI=1S/C19H20FN3OS/c1-24-17-7-6-14(12-15(17)20)13-22-8-10-23(11-9-22)19-21-16-4-2-3-5-18(16)25-19/h2-7,12H,8-11,13H2,1H3. The molecule has 2 aromatic carbocycles. The van der Waals surface area contributed by atoms with Gasteiger partial charge in [0.05, 0.1) is 17.3 Å². The fourth-order valence-corrected chi connectivity index (χ4v) is 4.18. The number of methoxy groups -OCH3 is 1. The van der Waals surface area contributed by atoms with Crippen molar-refractivity contribution in [2.75, 3.05) is 38.2 Å². The lowest BCUT2D eigenvalue weighted by atomic mass is 10.2. The van der Waals surface area contributed by atoms with Crippen LogP contribution in [0.15, 0.2) is 42.5 Å². The van der Waals surface area contributed by atoms with Crippen molar-refractivity contribution in [3.63, 3.8) is 0 Å². The van der Waals surface area contributed by atoms with E-state index >= 15 is 0 Å². The molecule has 1 aliphatic rings. The van der Waals surface area contributed by atoms with Crippen LogP contribution in [0.5, 0.6) is 5.75 Å². The van der Waals surface area contributed by atoms with E-state index in [0.717, 1.165) is 48.9 Å². The van der Waals surface area contributed by atoms with Crippen LogP contribution in [0.3, 0.4) is 0 Å². The summed E-state index contributed by atoms with van der Waals surface area (Å²) in [6.45, 7) is 4.54. The summed E-state index contributed by atoms with van der Waals surface area (Å²) in [5.41, 5.74) is 2.05. The Morgan fingerprint density at radius 1 is 1.12 bits per heavy atom. The maximum Gasteiger partial charge on any atom is 0.186 e. The Hall–Kier alpha value is -2.18. The van der Waals surface area contributed by atoms with Gasteiger partial charge in [0.25, 0.3) is 0 Å². The van der Waals surface area contributed by atoms with Gasteiger partial charge in [-0.25, -0.2) is 9.37 Å². The average molecular weight is 357 g/mol. The van der Waals surface area contributed by atoms with E-state index in [1.54, 1.807) is 23.5 Å². The van der Waals surface area contributed by atoms with E-state index < -0.39 is 0 Å². The van der Waals surface area contributed by atoms with E-state index in [-0.39, 0.29) is 5.82 Å². The molecular formula is C19H20FN3OS. The summed E-state index contributed by atoms with van der Waals surface area (Å²) >= 11 is 1.75. The largest absolute Gasteiger partial charge is 0.494 e. The highest BCUT2D eigenvalue weighted by molar-refractivity contribution is 7.22. The molecule has 0 atom stereocenters. The molecule has 0 amide bonds. The second kappa shape index (κ2) is 6.98. The van der Waals surface area contributed by atoms with Gasteiger partial charge < -0.3 is 9.64 Å². The van der Waals surface area contributed by atoms with Crippen LogP contribution in [-0.2, 0) is 6.54 Å². The Kier molecular flexibility index (Phi) is 4.55. The van der Waals surface area contributed by atoms with Crippen LogP contribution < -0.4 is 9.64 Å². The zero-order chi connectivity index (χ0) is 17.2. The zero-order valence-corrected chi connectivity index (χ0v) is 14.9. The fourth-order valence-electron chi connectivity index (χ4n) is 3.16. The molecule has 1 saturated heterocycles. The second-order valence-corrected chi connectivity index (χ2v) is 7.21. The van der Waals surface area contributed by atoms with E-state index in [9.17, 15) is 4.39 Å². The lowest BCUT2D eigenvalue weighted by Gasteiger charge is -2.34. The Labute approximate surface area is 150 Å². The lowest BCUT2D eigenvalue weighted by Crippen LogP contribution is -2.45. The molecule has 0 radical (unpaired) electrons. The molecule has 6 heteroatoms. The van der Waals surface area contributed by atoms with E-state index in [4.69, 9.17) is 9.72 Å². The number of hydrogen-bond acceptors (Lipinski definition) is 5. The summed E-state index contributed by atoms with van der Waals surface area (Å²) in [4.78, 5) is 9.43. The number of aromatic nitrogens is 1. The molecule has 0 aliphatic carbocycles. The monoisotopic (exact) mass is 357 g/mol. The summed E-state index contributed by atoms with van der Waals surface area (Å²) in [5.74, 6) is -0.00230. The number of rotatable bonds is 4. The van der Waals surface area contributed by atoms with Crippen molar-refractivity contribution in [1.29, 1.82) is 0 Å². The van der Waals surface area contributed by atoms with Gasteiger partial charge in [-0.3, -0.25) is 4.90 Å². The summed E-state index contributed by atoms with van der Waals surface area (Å²) in [6, 6.07) is 13.4. The average Bonchev–Trinajstić information content (AvgIpc) is 3.07. The van der Waals surface area contributed by atoms with Crippen LogP contribution >= 0.6 is 11.3 Å². The third-order valence-electron chi connectivity index (χ3n) is 4.55. The summed E-state index contributed by atoms with van der Waals surface area (Å²) in [6.07, 6.45) is 0. The Balaban J connectivity index is 1.38. The quantitative estimate of drug-likeness (QED) is 0.711. The van der Waals surface area contributed by atoms with E-state index in [1.165, 1.54) is 11.8 Å². The molecule has 130 valence electrons. The normalized spacial score (nSPS) is 15.7. The van der Waals surface area contributed by atoms with Crippen LogP contribution in [0.2, 0.25) is 0 Å². The first-order chi connectivity index (χ1) is 12.2. The van der Waals surface area contributed by atoms with Crippen LogP contribution in [0.1, 0.15) is 5.56 Å². The first-order valence-electron chi connectivity index (χ1n) is 8.38. The number of anilines is 1. The SMILES string of the molecule is COc1ccc(CN2CCN(c3nc4ccccc4s3)CC2)cc1F. The van der Waals surface area contributed by atoms with Gasteiger partial charge in [0.15, 0.2) is 16.7 Å². The number of hydrogen-bond donors (Lipinski definition) is 0. The van der Waals surface area contributed by atoms with Gasteiger partial charge in [0, 0.05) is 32.7 Å². The molecule has 1 aliphatic heterocycles. The van der Waals surface area contributed by atoms with Crippen molar-refractivity contribution >= 4 is 26.7 Å². The van der Waals surface area contributed by atoms with Gasteiger partial charge in [-0.2, -0.15) is 0 Å². The predicted octanol–water partition coefficient (Wildman–Crippen LogP) is 3.77. The molecule has 4 nitrogen and oxygen atoms in total. The van der Waals surface area contributed by atoms with Gasteiger partial charge in [-0.15, -0.1) is 0 Å². The van der Waals surface area contributed by atoms with Crippen molar-refractivity contribution in [3.05, 3.63) is 53.8 Å². The minimum Gasteiger partial charge on any atom is -0.494 e. The van der Waals surface area contributed by atoms with Crippen molar-refractivity contribution in [3.8, 4) is 5.75 Å². The number of para-hydroxylation sites is 1. The molecular weight excluding hydrogens is 337 g/mol. The van der Waals surface area contributed by atoms with Gasteiger partial charge >= 0.3 is 0 Å². The highest BCUT2D eigenvalue weighted by atomic mass is 32.1. The highest BCUT2D eigenvalue weighted by Gasteiger charge is 2.20. The topological polar surface area (TPSA) is 28.6 Å². The van der Waals surface area contributed by atoms with Crippen molar-refractivity contribution in [1.82, 2.24) is 9.88 Å². The number of fused-ring (bicyclic) bond motifs is 1. The van der Waals surface area contributed by atoms with E-state index in [0.29, 0.717) is 5.75 Å². The zero-order valence-electron chi connectivity index (χ0n) is 14.1.